The lowest BCUT2D eigenvalue weighted by Gasteiger charge is -2.39. The van der Waals surface area contributed by atoms with Crippen molar-refractivity contribution in [3.05, 3.63) is 0 Å². The topological polar surface area (TPSA) is 29.5 Å². The van der Waals surface area contributed by atoms with Crippen molar-refractivity contribution in [1.82, 2.24) is 4.90 Å². The van der Waals surface area contributed by atoms with Crippen LogP contribution in [0.4, 0.5) is 4.79 Å². The van der Waals surface area contributed by atoms with Crippen molar-refractivity contribution in [1.29, 1.82) is 0 Å². The Balaban J connectivity index is 2.18. The van der Waals surface area contributed by atoms with E-state index in [9.17, 15) is 4.79 Å². The zero-order valence-corrected chi connectivity index (χ0v) is 10.7. The molecule has 0 saturated carbocycles. The number of ether oxygens (including phenoxy) is 1. The van der Waals surface area contributed by atoms with Gasteiger partial charge < -0.3 is 9.64 Å². The second-order valence-electron chi connectivity index (χ2n) is 5.12. The average Bonchev–Trinajstić information content (AvgIpc) is 1.98. The number of nitrogens with zero attached hydrogens (tertiary/aromatic N) is 1. The summed E-state index contributed by atoms with van der Waals surface area (Å²) in [6.07, 6.45) is 2.13. The first-order valence-corrected chi connectivity index (χ1v) is 6.14. The molecular weight excluding hydrogens is 210 g/mol. The summed E-state index contributed by atoms with van der Waals surface area (Å²) in [5, 5.41) is 0. The van der Waals surface area contributed by atoms with E-state index >= 15 is 0 Å². The van der Waals surface area contributed by atoms with Gasteiger partial charge in [0.25, 0.3) is 0 Å². The first kappa shape index (κ1) is 12.7. The summed E-state index contributed by atoms with van der Waals surface area (Å²) in [6, 6.07) is 0. The number of carbonyl (C=O) groups is 1. The van der Waals surface area contributed by atoms with Gasteiger partial charge in [0.05, 0.1) is 0 Å². The lowest BCUT2D eigenvalue weighted by molar-refractivity contribution is -0.00213. The summed E-state index contributed by atoms with van der Waals surface area (Å²) in [5.41, 5.74) is -0.382. The predicted octanol–water partition coefficient (Wildman–Crippen LogP) is 2.56. The van der Waals surface area contributed by atoms with E-state index in [1.165, 1.54) is 6.42 Å². The molecule has 0 aromatic rings. The second-order valence-corrected chi connectivity index (χ2v) is 5.56. The van der Waals surface area contributed by atoms with Crippen LogP contribution >= 0.6 is 12.6 Å². The van der Waals surface area contributed by atoms with Gasteiger partial charge in [-0.25, -0.2) is 4.79 Å². The molecule has 1 saturated heterocycles. The molecule has 3 nitrogen and oxygen atoms in total. The summed E-state index contributed by atoms with van der Waals surface area (Å²) in [4.78, 5) is 13.3. The van der Waals surface area contributed by atoms with E-state index in [4.69, 9.17) is 4.74 Å². The molecule has 0 spiro atoms. The predicted molar refractivity (Wildman–Crippen MR) is 64.4 cm³/mol. The van der Waals surface area contributed by atoms with E-state index in [1.54, 1.807) is 4.90 Å². The first-order valence-electron chi connectivity index (χ1n) is 5.51. The van der Waals surface area contributed by atoms with Gasteiger partial charge in [-0.15, -0.1) is 0 Å². The molecule has 1 aliphatic heterocycles. The molecule has 1 rings (SSSR count). The van der Waals surface area contributed by atoms with Gasteiger partial charge in [0.15, 0.2) is 0 Å². The highest BCUT2D eigenvalue weighted by Gasteiger charge is 2.32. The molecular formula is C11H21NO2S. The molecule has 0 unspecified atom stereocenters. The van der Waals surface area contributed by atoms with Gasteiger partial charge in [-0.05, 0) is 45.3 Å². The first-order chi connectivity index (χ1) is 6.92. The number of thiol groups is 1. The van der Waals surface area contributed by atoms with Crippen LogP contribution in [0.1, 0.15) is 33.6 Å². The fraction of sp³-hybridized carbons (Fsp3) is 0.909. The number of rotatable bonds is 3. The van der Waals surface area contributed by atoms with Crippen molar-refractivity contribution in [3.8, 4) is 0 Å². The Morgan fingerprint density at radius 1 is 1.47 bits per heavy atom. The summed E-state index contributed by atoms with van der Waals surface area (Å²) in [7, 11) is 0. The average molecular weight is 231 g/mol. The van der Waals surface area contributed by atoms with Gasteiger partial charge in [0.2, 0.25) is 0 Å². The molecule has 0 radical (unpaired) electrons. The van der Waals surface area contributed by atoms with E-state index in [0.29, 0.717) is 5.92 Å². The number of carbonyl (C=O) groups excluding carboxylic acids is 1. The van der Waals surface area contributed by atoms with Crippen LogP contribution in [0.3, 0.4) is 0 Å². The van der Waals surface area contributed by atoms with E-state index in [0.717, 1.165) is 25.3 Å². The molecule has 1 aliphatic rings. The molecule has 1 fully saturated rings. The third-order valence-corrected chi connectivity index (χ3v) is 2.70. The Kier molecular flexibility index (Phi) is 4.32. The molecule has 15 heavy (non-hydrogen) atoms. The highest BCUT2D eigenvalue weighted by atomic mass is 32.1. The van der Waals surface area contributed by atoms with Crippen molar-refractivity contribution in [2.45, 2.75) is 39.2 Å². The van der Waals surface area contributed by atoms with Gasteiger partial charge in [-0.2, -0.15) is 12.6 Å². The summed E-state index contributed by atoms with van der Waals surface area (Å²) < 4.78 is 5.27. The minimum Gasteiger partial charge on any atom is -0.444 e. The van der Waals surface area contributed by atoms with E-state index in [-0.39, 0.29) is 11.7 Å². The SMILES string of the molecule is CC(C)(C)OC(=O)N1CC(CCCS)C1. The largest absolute Gasteiger partial charge is 0.444 e. The smallest absolute Gasteiger partial charge is 0.410 e. The van der Waals surface area contributed by atoms with Crippen molar-refractivity contribution < 1.29 is 9.53 Å². The lowest BCUT2D eigenvalue weighted by Crippen LogP contribution is -2.51. The normalized spacial score (nSPS) is 17.5. The second kappa shape index (κ2) is 5.10. The zero-order valence-electron chi connectivity index (χ0n) is 9.82. The fourth-order valence-corrected chi connectivity index (χ4v) is 1.79. The van der Waals surface area contributed by atoms with Crippen LogP contribution in [0.5, 0.6) is 0 Å². The van der Waals surface area contributed by atoms with Gasteiger partial charge in [-0.1, -0.05) is 0 Å². The Morgan fingerprint density at radius 3 is 2.53 bits per heavy atom. The monoisotopic (exact) mass is 231 g/mol. The minimum absolute atomic E-state index is 0.176. The van der Waals surface area contributed by atoms with Gasteiger partial charge in [0.1, 0.15) is 5.60 Å². The van der Waals surface area contributed by atoms with Gasteiger partial charge in [0, 0.05) is 13.1 Å². The lowest BCUT2D eigenvalue weighted by atomic mass is 9.96. The van der Waals surface area contributed by atoms with Crippen LogP contribution in [0.25, 0.3) is 0 Å². The number of hydrogen-bond acceptors (Lipinski definition) is 3. The molecule has 0 aromatic heterocycles. The summed E-state index contributed by atoms with van der Waals surface area (Å²) in [6.45, 7) is 7.38. The summed E-state index contributed by atoms with van der Waals surface area (Å²) >= 11 is 4.17. The fourth-order valence-electron chi connectivity index (χ4n) is 1.61. The van der Waals surface area contributed by atoms with Crippen LogP contribution < -0.4 is 0 Å². The van der Waals surface area contributed by atoms with Crippen LogP contribution in [0.2, 0.25) is 0 Å². The van der Waals surface area contributed by atoms with Crippen LogP contribution in [0.15, 0.2) is 0 Å². The molecule has 0 aromatic carbocycles. The van der Waals surface area contributed by atoms with E-state index in [1.807, 2.05) is 20.8 Å². The maximum atomic E-state index is 11.5. The highest BCUT2D eigenvalue weighted by molar-refractivity contribution is 7.80. The standard InChI is InChI=1S/C11H21NO2S/c1-11(2,3)14-10(13)12-7-9(8-12)5-4-6-15/h9,15H,4-8H2,1-3H3. The third-order valence-electron chi connectivity index (χ3n) is 2.38. The molecule has 0 N–H and O–H groups in total. The van der Waals surface area contributed by atoms with Gasteiger partial charge >= 0.3 is 6.09 Å². The Labute approximate surface area is 97.6 Å². The van der Waals surface area contributed by atoms with Crippen molar-refractivity contribution in [3.63, 3.8) is 0 Å². The van der Waals surface area contributed by atoms with E-state index < -0.39 is 0 Å². The molecule has 0 bridgehead atoms. The van der Waals surface area contributed by atoms with E-state index in [2.05, 4.69) is 12.6 Å². The number of hydrogen-bond donors (Lipinski definition) is 1. The Morgan fingerprint density at radius 2 is 2.07 bits per heavy atom. The third kappa shape index (κ3) is 4.33. The quantitative estimate of drug-likeness (QED) is 0.756. The minimum atomic E-state index is -0.382. The molecule has 1 heterocycles. The maximum absolute atomic E-state index is 11.5. The summed E-state index contributed by atoms with van der Waals surface area (Å²) in [5.74, 6) is 1.59. The van der Waals surface area contributed by atoms with Gasteiger partial charge in [-0.3, -0.25) is 0 Å². The Bertz CT molecular complexity index is 219. The Hall–Kier alpha value is -0.380. The van der Waals surface area contributed by atoms with Crippen molar-refractivity contribution >= 4 is 18.7 Å². The zero-order chi connectivity index (χ0) is 11.5. The number of likely N-dealkylation sites (tertiary alicyclic amines) is 1. The number of amides is 1. The van der Waals surface area contributed by atoms with Crippen molar-refractivity contribution in [2.24, 2.45) is 5.92 Å². The molecule has 4 heteroatoms. The van der Waals surface area contributed by atoms with Crippen molar-refractivity contribution in [2.75, 3.05) is 18.8 Å². The van der Waals surface area contributed by atoms with Crippen LogP contribution in [-0.2, 0) is 4.74 Å². The molecule has 0 aliphatic carbocycles. The maximum Gasteiger partial charge on any atom is 0.410 e. The van der Waals surface area contributed by atoms with Crippen LogP contribution in [-0.4, -0.2) is 35.4 Å². The molecule has 0 atom stereocenters. The molecule has 88 valence electrons. The van der Waals surface area contributed by atoms with Crippen LogP contribution in [0, 0.1) is 5.92 Å². The highest BCUT2D eigenvalue weighted by Crippen LogP contribution is 2.23. The molecule has 1 amide bonds.